The largest absolute Gasteiger partial charge is 0.475 e. The fourth-order valence-electron chi connectivity index (χ4n) is 1.90. The molecule has 108 valence electrons. The molecule has 0 aliphatic rings. The normalized spacial score (nSPS) is 10.7. The first-order valence-corrected chi connectivity index (χ1v) is 7.51. The molecule has 0 N–H and O–H groups in total. The highest BCUT2D eigenvalue weighted by Crippen LogP contribution is 2.26. The molecule has 2 aromatic heterocycles. The third kappa shape index (κ3) is 4.23. The molecule has 2 rings (SSSR count). The van der Waals surface area contributed by atoms with Crippen LogP contribution in [0.15, 0.2) is 24.5 Å². The Hall–Kier alpha value is -1.56. The van der Waals surface area contributed by atoms with E-state index in [4.69, 9.17) is 4.74 Å². The van der Waals surface area contributed by atoms with Crippen LogP contribution in [0.25, 0.3) is 11.3 Å². The van der Waals surface area contributed by atoms with Crippen LogP contribution < -0.4 is 9.30 Å². The maximum Gasteiger partial charge on any atom is 0.254 e. The van der Waals surface area contributed by atoms with Crippen molar-refractivity contribution in [1.82, 2.24) is 8.75 Å². The van der Waals surface area contributed by atoms with Gasteiger partial charge in [0.25, 0.3) is 5.88 Å². The topological polar surface area (TPSA) is 38.9 Å². The van der Waals surface area contributed by atoms with Crippen molar-refractivity contribution in [3.8, 4) is 17.1 Å². The number of halogens is 1. The van der Waals surface area contributed by atoms with Gasteiger partial charge in [-0.1, -0.05) is 6.42 Å². The molecular weight excluding hydrogens is 277 g/mol. The average molecular weight is 296 g/mol. The number of nitrogens with zero attached hydrogens (tertiary/aromatic N) is 3. The number of hydrogen-bond donors (Lipinski definition) is 0. The molecular formula is C14H19FN3OS+. The summed E-state index contributed by atoms with van der Waals surface area (Å²) < 4.78 is 28.1. The minimum absolute atomic E-state index is 0.230. The number of hydrogen-bond acceptors (Lipinski definition) is 4. The number of ether oxygens (including phenoxy) is 1. The fourth-order valence-corrected chi connectivity index (χ4v) is 2.42. The smallest absolute Gasteiger partial charge is 0.254 e. The zero-order valence-electron chi connectivity index (χ0n) is 11.6. The molecule has 2 aromatic rings. The molecule has 20 heavy (non-hydrogen) atoms. The van der Waals surface area contributed by atoms with Gasteiger partial charge in [0.05, 0.1) is 30.6 Å². The minimum Gasteiger partial charge on any atom is -0.475 e. The Morgan fingerprint density at radius 3 is 2.90 bits per heavy atom. The van der Waals surface area contributed by atoms with Gasteiger partial charge in [0.1, 0.15) is 7.05 Å². The molecule has 0 atom stereocenters. The average Bonchev–Trinajstić information content (AvgIpc) is 2.91. The molecule has 6 heteroatoms. The first-order valence-electron chi connectivity index (χ1n) is 6.78. The van der Waals surface area contributed by atoms with Crippen molar-refractivity contribution in [2.75, 3.05) is 13.3 Å². The van der Waals surface area contributed by atoms with Crippen molar-refractivity contribution in [3.63, 3.8) is 0 Å². The van der Waals surface area contributed by atoms with E-state index in [1.807, 2.05) is 36.1 Å². The summed E-state index contributed by atoms with van der Waals surface area (Å²) in [6.07, 6.45) is 7.41. The molecule has 4 nitrogen and oxygen atoms in total. The lowest BCUT2D eigenvalue weighted by Gasteiger charge is -2.04. The molecule has 0 unspecified atom stereocenters. The predicted molar refractivity (Wildman–Crippen MR) is 76.5 cm³/mol. The fraction of sp³-hybridized carbons (Fsp3) is 0.500. The SMILES string of the molecule is C[n+]1cccc(-c2nsnc2OCCCCCCF)c1. The summed E-state index contributed by atoms with van der Waals surface area (Å²) in [5, 5.41) is 0. The van der Waals surface area contributed by atoms with Crippen LogP contribution in [0.2, 0.25) is 0 Å². The van der Waals surface area contributed by atoms with E-state index in [1.165, 1.54) is 0 Å². The molecule has 0 fully saturated rings. The van der Waals surface area contributed by atoms with Crippen LogP contribution >= 0.6 is 11.7 Å². The Morgan fingerprint density at radius 2 is 2.10 bits per heavy atom. The predicted octanol–water partition coefficient (Wildman–Crippen LogP) is 2.94. The number of alkyl halides is 1. The van der Waals surface area contributed by atoms with Crippen LogP contribution in [0.5, 0.6) is 5.88 Å². The summed E-state index contributed by atoms with van der Waals surface area (Å²) in [6, 6.07) is 3.96. The quantitative estimate of drug-likeness (QED) is 0.555. The molecule has 0 aliphatic heterocycles. The van der Waals surface area contributed by atoms with Crippen LogP contribution in [0.3, 0.4) is 0 Å². The van der Waals surface area contributed by atoms with Gasteiger partial charge in [-0.25, -0.2) is 4.57 Å². The summed E-state index contributed by atoms with van der Waals surface area (Å²) in [7, 11) is 1.97. The summed E-state index contributed by atoms with van der Waals surface area (Å²) in [6.45, 7) is 0.371. The molecule has 0 saturated carbocycles. The molecule has 0 spiro atoms. The summed E-state index contributed by atoms with van der Waals surface area (Å²) in [4.78, 5) is 0. The van der Waals surface area contributed by atoms with Gasteiger partial charge >= 0.3 is 0 Å². The van der Waals surface area contributed by atoms with E-state index in [-0.39, 0.29) is 6.67 Å². The van der Waals surface area contributed by atoms with Crippen LogP contribution in [-0.4, -0.2) is 22.0 Å². The zero-order chi connectivity index (χ0) is 14.2. The van der Waals surface area contributed by atoms with Crippen molar-refractivity contribution in [3.05, 3.63) is 24.5 Å². The molecule has 0 radical (unpaired) electrons. The van der Waals surface area contributed by atoms with Gasteiger partial charge < -0.3 is 4.74 Å². The molecule has 0 bridgehead atoms. The highest BCUT2D eigenvalue weighted by atomic mass is 32.1. The second kappa shape index (κ2) is 7.89. The number of pyridine rings is 1. The number of aromatic nitrogens is 3. The van der Waals surface area contributed by atoms with Gasteiger partial charge in [0, 0.05) is 6.07 Å². The number of rotatable bonds is 8. The Labute approximate surface area is 122 Å². The standard InChI is InChI=1S/C14H19FN3OS/c1-18-9-6-7-12(11-18)13-14(17-20-16-13)19-10-5-3-2-4-8-15/h6-7,9,11H,2-5,8,10H2,1H3/q+1. The lowest BCUT2D eigenvalue weighted by atomic mass is 10.2. The lowest BCUT2D eigenvalue weighted by molar-refractivity contribution is -0.671. The van der Waals surface area contributed by atoms with Gasteiger partial charge in [-0.05, 0) is 25.3 Å². The monoisotopic (exact) mass is 296 g/mol. The van der Waals surface area contributed by atoms with Gasteiger partial charge in [-0.3, -0.25) is 4.39 Å². The Morgan fingerprint density at radius 1 is 1.25 bits per heavy atom. The highest BCUT2D eigenvalue weighted by molar-refractivity contribution is 6.99. The first kappa shape index (κ1) is 14.8. The van der Waals surface area contributed by atoms with E-state index in [0.717, 1.165) is 42.2 Å². The van der Waals surface area contributed by atoms with Crippen LogP contribution in [0, 0.1) is 0 Å². The highest BCUT2D eigenvalue weighted by Gasteiger charge is 2.14. The molecule has 0 aromatic carbocycles. The van der Waals surface area contributed by atoms with Gasteiger partial charge in [0.2, 0.25) is 0 Å². The second-order valence-corrected chi connectivity index (χ2v) is 5.16. The maximum atomic E-state index is 11.9. The lowest BCUT2D eigenvalue weighted by Crippen LogP contribution is -2.26. The maximum absolute atomic E-state index is 11.9. The van der Waals surface area contributed by atoms with Crippen molar-refractivity contribution < 1.29 is 13.7 Å². The van der Waals surface area contributed by atoms with Crippen molar-refractivity contribution >= 4 is 11.7 Å². The number of aryl methyl sites for hydroxylation is 1. The van der Waals surface area contributed by atoms with E-state index in [2.05, 4.69) is 8.75 Å². The van der Waals surface area contributed by atoms with E-state index < -0.39 is 0 Å². The number of unbranched alkanes of at least 4 members (excludes halogenated alkanes) is 3. The van der Waals surface area contributed by atoms with Crippen molar-refractivity contribution in [1.29, 1.82) is 0 Å². The second-order valence-electron chi connectivity index (χ2n) is 4.63. The van der Waals surface area contributed by atoms with Gasteiger partial charge in [-0.2, -0.15) is 4.37 Å². The third-order valence-corrected chi connectivity index (χ3v) is 3.45. The van der Waals surface area contributed by atoms with Crippen LogP contribution in [-0.2, 0) is 7.05 Å². The van der Waals surface area contributed by atoms with Crippen molar-refractivity contribution in [2.24, 2.45) is 7.05 Å². The summed E-state index contributed by atoms with van der Waals surface area (Å²) in [5.74, 6) is 0.590. The van der Waals surface area contributed by atoms with Crippen LogP contribution in [0.4, 0.5) is 4.39 Å². The minimum atomic E-state index is -0.230. The van der Waals surface area contributed by atoms with E-state index in [1.54, 1.807) is 0 Å². The van der Waals surface area contributed by atoms with Gasteiger partial charge in [-0.15, -0.1) is 4.37 Å². The molecule has 0 aliphatic carbocycles. The Kier molecular flexibility index (Phi) is 5.86. The summed E-state index contributed by atoms with van der Waals surface area (Å²) >= 11 is 1.15. The molecule has 0 amide bonds. The summed E-state index contributed by atoms with van der Waals surface area (Å²) in [5.41, 5.74) is 1.78. The van der Waals surface area contributed by atoms with E-state index in [0.29, 0.717) is 18.9 Å². The Balaban J connectivity index is 1.89. The third-order valence-electron chi connectivity index (χ3n) is 2.94. The molecule has 2 heterocycles. The van der Waals surface area contributed by atoms with E-state index in [9.17, 15) is 4.39 Å². The molecule has 0 saturated heterocycles. The van der Waals surface area contributed by atoms with Crippen molar-refractivity contribution in [2.45, 2.75) is 25.7 Å². The van der Waals surface area contributed by atoms with E-state index >= 15 is 0 Å². The van der Waals surface area contributed by atoms with Gasteiger partial charge in [0.15, 0.2) is 18.1 Å². The van der Waals surface area contributed by atoms with Crippen LogP contribution in [0.1, 0.15) is 25.7 Å². The Bertz CT molecular complexity index is 533. The zero-order valence-corrected chi connectivity index (χ0v) is 12.4. The first-order chi connectivity index (χ1) is 9.81.